The van der Waals surface area contributed by atoms with Crippen LogP contribution in [0.3, 0.4) is 0 Å². The molecule has 1 saturated carbocycles. The second-order valence-corrected chi connectivity index (χ2v) is 5.08. The van der Waals surface area contributed by atoms with Gasteiger partial charge >= 0.3 is 0 Å². The zero-order chi connectivity index (χ0) is 12.4. The van der Waals surface area contributed by atoms with Gasteiger partial charge in [-0.1, -0.05) is 17.7 Å². The lowest BCUT2D eigenvalue weighted by Gasteiger charge is -2.13. The minimum absolute atomic E-state index is 0. The van der Waals surface area contributed by atoms with Gasteiger partial charge in [-0.25, -0.2) is 0 Å². The number of carbonyl (C=O) groups excluding carboxylic acids is 1. The molecular formula is C13H18Cl2N2O. The monoisotopic (exact) mass is 288 g/mol. The number of nitrogens with one attached hydrogen (secondary N) is 1. The fourth-order valence-corrected chi connectivity index (χ4v) is 2.41. The molecule has 0 heterocycles. The van der Waals surface area contributed by atoms with Crippen molar-refractivity contribution >= 4 is 35.6 Å². The SMILES string of the molecule is Cc1c(Cl)cccc1NC(=O)C1CCC(N)C1.Cl. The number of amides is 1. The van der Waals surface area contributed by atoms with E-state index in [9.17, 15) is 4.79 Å². The van der Waals surface area contributed by atoms with Crippen molar-refractivity contribution in [3.63, 3.8) is 0 Å². The molecular weight excluding hydrogens is 271 g/mol. The van der Waals surface area contributed by atoms with Crippen LogP contribution >= 0.6 is 24.0 Å². The molecule has 0 bridgehead atoms. The number of nitrogens with two attached hydrogens (primary N) is 1. The lowest BCUT2D eigenvalue weighted by molar-refractivity contribution is -0.119. The van der Waals surface area contributed by atoms with Gasteiger partial charge in [0.15, 0.2) is 0 Å². The van der Waals surface area contributed by atoms with Crippen molar-refractivity contribution in [1.82, 2.24) is 0 Å². The lowest BCUT2D eigenvalue weighted by atomic mass is 10.1. The Balaban J connectivity index is 0.00000162. The van der Waals surface area contributed by atoms with Gasteiger partial charge in [-0.05, 0) is 43.9 Å². The molecule has 1 fully saturated rings. The van der Waals surface area contributed by atoms with E-state index in [0.29, 0.717) is 5.02 Å². The van der Waals surface area contributed by atoms with Crippen molar-refractivity contribution in [1.29, 1.82) is 0 Å². The van der Waals surface area contributed by atoms with Crippen molar-refractivity contribution < 1.29 is 4.79 Å². The van der Waals surface area contributed by atoms with Crippen LogP contribution < -0.4 is 11.1 Å². The van der Waals surface area contributed by atoms with Crippen LogP contribution in [-0.4, -0.2) is 11.9 Å². The molecule has 100 valence electrons. The number of hydrogen-bond donors (Lipinski definition) is 2. The molecule has 1 aliphatic rings. The van der Waals surface area contributed by atoms with E-state index < -0.39 is 0 Å². The molecule has 2 unspecified atom stereocenters. The normalized spacial score (nSPS) is 22.4. The lowest BCUT2D eigenvalue weighted by Crippen LogP contribution is -2.23. The number of anilines is 1. The molecule has 3 nitrogen and oxygen atoms in total. The topological polar surface area (TPSA) is 55.1 Å². The number of carbonyl (C=O) groups is 1. The molecule has 18 heavy (non-hydrogen) atoms. The summed E-state index contributed by atoms with van der Waals surface area (Å²) in [5, 5.41) is 3.61. The Morgan fingerprint density at radius 2 is 2.17 bits per heavy atom. The minimum Gasteiger partial charge on any atom is -0.328 e. The highest BCUT2D eigenvalue weighted by molar-refractivity contribution is 6.31. The molecule has 3 N–H and O–H groups in total. The van der Waals surface area contributed by atoms with Crippen LogP contribution in [0.4, 0.5) is 5.69 Å². The second-order valence-electron chi connectivity index (χ2n) is 4.67. The molecule has 1 aliphatic carbocycles. The number of halogens is 2. The van der Waals surface area contributed by atoms with Gasteiger partial charge in [0.1, 0.15) is 0 Å². The van der Waals surface area contributed by atoms with E-state index in [4.69, 9.17) is 17.3 Å². The summed E-state index contributed by atoms with van der Waals surface area (Å²) in [5.41, 5.74) is 7.51. The van der Waals surface area contributed by atoms with E-state index in [-0.39, 0.29) is 30.3 Å². The van der Waals surface area contributed by atoms with Crippen molar-refractivity contribution in [2.75, 3.05) is 5.32 Å². The molecule has 2 atom stereocenters. The van der Waals surface area contributed by atoms with E-state index in [0.717, 1.165) is 30.5 Å². The van der Waals surface area contributed by atoms with Crippen LogP contribution in [0.1, 0.15) is 24.8 Å². The highest BCUT2D eigenvalue weighted by Gasteiger charge is 2.27. The number of benzene rings is 1. The molecule has 0 saturated heterocycles. The average molecular weight is 289 g/mol. The van der Waals surface area contributed by atoms with Gasteiger partial charge in [0.05, 0.1) is 0 Å². The predicted molar refractivity (Wildman–Crippen MR) is 77.4 cm³/mol. The number of hydrogen-bond acceptors (Lipinski definition) is 2. The summed E-state index contributed by atoms with van der Waals surface area (Å²) in [6.07, 6.45) is 2.60. The molecule has 1 amide bonds. The molecule has 2 rings (SSSR count). The van der Waals surface area contributed by atoms with Gasteiger partial charge in [-0.3, -0.25) is 4.79 Å². The zero-order valence-corrected chi connectivity index (χ0v) is 11.9. The minimum atomic E-state index is 0. The fourth-order valence-electron chi connectivity index (χ4n) is 2.23. The predicted octanol–water partition coefficient (Wildman–Crippen LogP) is 3.14. The van der Waals surface area contributed by atoms with Crippen LogP contribution in [-0.2, 0) is 4.79 Å². The Hall–Kier alpha value is -0.770. The molecule has 5 heteroatoms. The molecule has 0 aliphatic heterocycles. The summed E-state index contributed by atoms with van der Waals surface area (Å²) in [6.45, 7) is 1.90. The summed E-state index contributed by atoms with van der Waals surface area (Å²) in [6, 6.07) is 5.70. The van der Waals surface area contributed by atoms with Crippen molar-refractivity contribution in [2.24, 2.45) is 11.7 Å². The van der Waals surface area contributed by atoms with Crippen LogP contribution in [0.5, 0.6) is 0 Å². The first kappa shape index (κ1) is 15.3. The second kappa shape index (κ2) is 6.41. The Kier molecular flexibility index (Phi) is 5.45. The van der Waals surface area contributed by atoms with E-state index in [1.54, 1.807) is 0 Å². The molecule has 1 aromatic carbocycles. The van der Waals surface area contributed by atoms with Crippen LogP contribution in [0, 0.1) is 12.8 Å². The van der Waals surface area contributed by atoms with Crippen LogP contribution in [0.15, 0.2) is 18.2 Å². The van der Waals surface area contributed by atoms with Gasteiger partial charge in [0.25, 0.3) is 0 Å². The van der Waals surface area contributed by atoms with Crippen molar-refractivity contribution in [2.45, 2.75) is 32.2 Å². The maximum atomic E-state index is 12.0. The standard InChI is InChI=1S/C13H17ClN2O.ClH/c1-8-11(14)3-2-4-12(8)16-13(17)9-5-6-10(15)7-9;/h2-4,9-10H,5-7,15H2,1H3,(H,16,17);1H. The van der Waals surface area contributed by atoms with Crippen LogP contribution in [0.2, 0.25) is 5.02 Å². The Labute approximate surface area is 118 Å². The van der Waals surface area contributed by atoms with E-state index >= 15 is 0 Å². The van der Waals surface area contributed by atoms with Gasteiger partial charge in [-0.15, -0.1) is 12.4 Å². The summed E-state index contributed by atoms with van der Waals surface area (Å²) in [5.74, 6) is 0.103. The van der Waals surface area contributed by atoms with Gasteiger partial charge < -0.3 is 11.1 Å². The summed E-state index contributed by atoms with van der Waals surface area (Å²) >= 11 is 6.01. The quantitative estimate of drug-likeness (QED) is 0.878. The largest absolute Gasteiger partial charge is 0.328 e. The van der Waals surface area contributed by atoms with Crippen LogP contribution in [0.25, 0.3) is 0 Å². The molecule has 1 aromatic rings. The van der Waals surface area contributed by atoms with Gasteiger partial charge in [0.2, 0.25) is 5.91 Å². The van der Waals surface area contributed by atoms with E-state index in [1.807, 2.05) is 25.1 Å². The first-order valence-electron chi connectivity index (χ1n) is 5.89. The first-order chi connectivity index (χ1) is 8.08. The third-order valence-corrected chi connectivity index (χ3v) is 3.78. The summed E-state index contributed by atoms with van der Waals surface area (Å²) < 4.78 is 0. The maximum absolute atomic E-state index is 12.0. The van der Waals surface area contributed by atoms with Gasteiger partial charge in [-0.2, -0.15) is 0 Å². The zero-order valence-electron chi connectivity index (χ0n) is 10.3. The van der Waals surface area contributed by atoms with E-state index in [1.165, 1.54) is 0 Å². The number of rotatable bonds is 2. The first-order valence-corrected chi connectivity index (χ1v) is 6.27. The summed E-state index contributed by atoms with van der Waals surface area (Å²) in [7, 11) is 0. The van der Waals surface area contributed by atoms with E-state index in [2.05, 4.69) is 5.32 Å². The Morgan fingerprint density at radius 1 is 1.44 bits per heavy atom. The molecule has 0 aromatic heterocycles. The van der Waals surface area contributed by atoms with Crippen molar-refractivity contribution in [3.05, 3.63) is 28.8 Å². The molecule has 0 spiro atoms. The Bertz CT molecular complexity index is 437. The Morgan fingerprint density at radius 3 is 2.78 bits per heavy atom. The average Bonchev–Trinajstić information content (AvgIpc) is 2.72. The third kappa shape index (κ3) is 3.37. The highest BCUT2D eigenvalue weighted by atomic mass is 35.5. The highest BCUT2D eigenvalue weighted by Crippen LogP contribution is 2.27. The summed E-state index contributed by atoms with van der Waals surface area (Å²) in [4.78, 5) is 12.0. The fraction of sp³-hybridized carbons (Fsp3) is 0.462. The smallest absolute Gasteiger partial charge is 0.227 e. The molecule has 0 radical (unpaired) electrons. The van der Waals surface area contributed by atoms with Gasteiger partial charge in [0, 0.05) is 22.7 Å². The third-order valence-electron chi connectivity index (χ3n) is 3.37. The van der Waals surface area contributed by atoms with Crippen molar-refractivity contribution in [3.8, 4) is 0 Å². The maximum Gasteiger partial charge on any atom is 0.227 e.